The Hall–Kier alpha value is -3.58. The molecule has 1 aromatic heterocycles. The molecule has 7 heteroatoms. The Kier molecular flexibility index (Phi) is 7.50. The maximum atomic E-state index is 13.2. The van der Waals surface area contributed by atoms with Gasteiger partial charge in [0.2, 0.25) is 0 Å². The number of carbonyl (C=O) groups is 2. The van der Waals surface area contributed by atoms with Crippen LogP contribution in [0.4, 0.5) is 0 Å². The molecule has 0 radical (unpaired) electrons. The Labute approximate surface area is 213 Å². The highest BCUT2D eigenvalue weighted by molar-refractivity contribution is 5.96. The fraction of sp³-hybridized carbons (Fsp3) is 0.379. The van der Waals surface area contributed by atoms with Gasteiger partial charge in [-0.05, 0) is 74.2 Å². The normalized spacial score (nSPS) is 16.2. The minimum Gasteiger partial charge on any atom is -0.497 e. The molecule has 1 aliphatic rings. The Morgan fingerprint density at radius 1 is 1.06 bits per heavy atom. The van der Waals surface area contributed by atoms with E-state index in [0.29, 0.717) is 30.1 Å². The molecule has 0 bridgehead atoms. The van der Waals surface area contributed by atoms with E-state index >= 15 is 0 Å². The first-order chi connectivity index (χ1) is 17.2. The van der Waals surface area contributed by atoms with Gasteiger partial charge in [-0.2, -0.15) is 0 Å². The number of benzene rings is 2. The first-order valence-corrected chi connectivity index (χ1v) is 12.3. The molecule has 0 spiro atoms. The number of hydrogen-bond donors (Lipinski definition) is 1. The lowest BCUT2D eigenvalue weighted by Crippen LogP contribution is -2.31. The summed E-state index contributed by atoms with van der Waals surface area (Å²) in [5.41, 5.74) is 6.04. The maximum Gasteiger partial charge on any atom is 0.270 e. The number of carbonyl (C=O) groups excluding carboxylic acids is 2. The van der Waals surface area contributed by atoms with Crippen molar-refractivity contribution in [1.29, 1.82) is 0 Å². The van der Waals surface area contributed by atoms with Crippen molar-refractivity contribution < 1.29 is 19.1 Å². The zero-order chi connectivity index (χ0) is 26.0. The van der Waals surface area contributed by atoms with Crippen LogP contribution in [0.25, 0.3) is 11.1 Å². The summed E-state index contributed by atoms with van der Waals surface area (Å²) >= 11 is 0. The number of hydrogen-bond acceptors (Lipinski definition) is 4. The highest BCUT2D eigenvalue weighted by atomic mass is 16.5. The van der Waals surface area contributed by atoms with E-state index in [4.69, 9.17) is 9.47 Å². The van der Waals surface area contributed by atoms with Gasteiger partial charge in [-0.15, -0.1) is 0 Å². The molecule has 2 amide bonds. The molecule has 2 heterocycles. The molecule has 1 fully saturated rings. The maximum absolute atomic E-state index is 13.2. The summed E-state index contributed by atoms with van der Waals surface area (Å²) in [7, 11) is 5.20. The predicted octanol–water partition coefficient (Wildman–Crippen LogP) is 4.67. The Balaban J connectivity index is 1.59. The van der Waals surface area contributed by atoms with Crippen LogP contribution in [0, 0.1) is 13.8 Å². The van der Waals surface area contributed by atoms with Gasteiger partial charge in [0.05, 0.1) is 19.3 Å². The summed E-state index contributed by atoms with van der Waals surface area (Å²) < 4.78 is 12.9. The average molecular weight is 490 g/mol. The van der Waals surface area contributed by atoms with Crippen molar-refractivity contribution in [3.63, 3.8) is 0 Å². The molecule has 0 saturated carbocycles. The minimum atomic E-state index is -0.244. The van der Waals surface area contributed by atoms with Crippen molar-refractivity contribution >= 4 is 11.8 Å². The van der Waals surface area contributed by atoms with Crippen LogP contribution in [0.1, 0.15) is 56.9 Å². The van der Waals surface area contributed by atoms with E-state index in [-0.39, 0.29) is 24.0 Å². The summed E-state index contributed by atoms with van der Waals surface area (Å²) in [5, 5.41) is 3.12. The van der Waals surface area contributed by atoms with E-state index in [0.717, 1.165) is 34.2 Å². The number of ether oxygens (including phenoxy) is 2. The van der Waals surface area contributed by atoms with E-state index in [2.05, 4.69) is 5.32 Å². The second kappa shape index (κ2) is 10.6. The van der Waals surface area contributed by atoms with Gasteiger partial charge < -0.3 is 24.3 Å². The Morgan fingerprint density at radius 2 is 1.83 bits per heavy atom. The smallest absolute Gasteiger partial charge is 0.270 e. The molecule has 2 unspecified atom stereocenters. The number of amides is 2. The van der Waals surface area contributed by atoms with E-state index in [1.54, 1.807) is 14.2 Å². The molecule has 2 aromatic carbocycles. The second-order valence-corrected chi connectivity index (χ2v) is 9.63. The lowest BCUT2D eigenvalue weighted by Gasteiger charge is -2.18. The monoisotopic (exact) mass is 489 g/mol. The predicted molar refractivity (Wildman–Crippen MR) is 141 cm³/mol. The van der Waals surface area contributed by atoms with E-state index in [1.165, 1.54) is 0 Å². The van der Waals surface area contributed by atoms with Gasteiger partial charge in [-0.1, -0.05) is 17.7 Å². The highest BCUT2D eigenvalue weighted by Gasteiger charge is 2.28. The molecule has 0 aliphatic carbocycles. The van der Waals surface area contributed by atoms with Crippen molar-refractivity contribution in [1.82, 2.24) is 14.8 Å². The second-order valence-electron chi connectivity index (χ2n) is 9.63. The molecule has 36 heavy (non-hydrogen) atoms. The van der Waals surface area contributed by atoms with Gasteiger partial charge in [-0.3, -0.25) is 9.59 Å². The molecular formula is C29H35N3O4. The molecule has 1 aliphatic heterocycles. The summed E-state index contributed by atoms with van der Waals surface area (Å²) in [6, 6.07) is 13.5. The van der Waals surface area contributed by atoms with Gasteiger partial charge in [0.15, 0.2) is 0 Å². The Bertz CT molecular complexity index is 1280. The SMILES string of the molecule is COc1cc(-c2cc(C(=O)N3CCC(OC)C3)n(C)c2)cc(C(C)NC(=O)c2cc(C)ccc2C)c1. The van der Waals surface area contributed by atoms with Crippen molar-refractivity contribution in [2.75, 3.05) is 27.3 Å². The van der Waals surface area contributed by atoms with Crippen LogP contribution in [0.15, 0.2) is 48.7 Å². The zero-order valence-electron chi connectivity index (χ0n) is 21.9. The molecule has 7 nitrogen and oxygen atoms in total. The van der Waals surface area contributed by atoms with Gasteiger partial charge in [0.1, 0.15) is 11.4 Å². The fourth-order valence-corrected chi connectivity index (χ4v) is 4.70. The van der Waals surface area contributed by atoms with Crippen LogP contribution in [0.2, 0.25) is 0 Å². The number of nitrogens with zero attached hydrogens (tertiary/aromatic N) is 2. The van der Waals surface area contributed by atoms with E-state index in [1.807, 2.05) is 85.9 Å². The number of nitrogens with one attached hydrogen (secondary N) is 1. The number of likely N-dealkylation sites (tertiary alicyclic amines) is 1. The molecule has 2 atom stereocenters. The minimum absolute atomic E-state index is 0.000533. The first-order valence-electron chi connectivity index (χ1n) is 12.3. The van der Waals surface area contributed by atoms with Crippen LogP contribution >= 0.6 is 0 Å². The third-order valence-corrected chi connectivity index (χ3v) is 6.97. The third-order valence-electron chi connectivity index (χ3n) is 6.97. The van der Waals surface area contributed by atoms with Crippen LogP contribution < -0.4 is 10.1 Å². The number of aromatic nitrogens is 1. The lowest BCUT2D eigenvalue weighted by atomic mass is 10.00. The summed E-state index contributed by atoms with van der Waals surface area (Å²) in [5.74, 6) is 0.579. The van der Waals surface area contributed by atoms with Crippen LogP contribution in [0.5, 0.6) is 5.75 Å². The van der Waals surface area contributed by atoms with Crippen molar-refractivity contribution in [3.8, 4) is 16.9 Å². The molecule has 1 saturated heterocycles. The van der Waals surface area contributed by atoms with Gasteiger partial charge in [-0.25, -0.2) is 0 Å². The number of methoxy groups -OCH3 is 2. The molecular weight excluding hydrogens is 454 g/mol. The number of aryl methyl sites for hydroxylation is 3. The van der Waals surface area contributed by atoms with Crippen LogP contribution in [0.3, 0.4) is 0 Å². The first kappa shape index (κ1) is 25.5. The van der Waals surface area contributed by atoms with Gasteiger partial charge in [0, 0.05) is 44.6 Å². The highest BCUT2D eigenvalue weighted by Crippen LogP contribution is 2.31. The van der Waals surface area contributed by atoms with Crippen molar-refractivity contribution in [2.45, 2.75) is 39.3 Å². The zero-order valence-corrected chi connectivity index (χ0v) is 21.9. The molecule has 1 N–H and O–H groups in total. The van der Waals surface area contributed by atoms with Crippen molar-refractivity contribution in [3.05, 3.63) is 76.6 Å². The van der Waals surface area contributed by atoms with Gasteiger partial charge in [0.25, 0.3) is 11.8 Å². The Morgan fingerprint density at radius 3 is 2.53 bits per heavy atom. The van der Waals surface area contributed by atoms with Crippen molar-refractivity contribution in [2.24, 2.45) is 7.05 Å². The standard InChI is InChI=1S/C29H35N3O4/c1-18-7-8-19(2)26(11-18)28(33)30-20(3)21-12-22(14-25(13-21)36-6)23-15-27(31(4)16-23)29(34)32-10-9-24(17-32)35-5/h7-8,11-16,20,24H,9-10,17H2,1-6H3,(H,30,33). The summed E-state index contributed by atoms with van der Waals surface area (Å²) in [6.07, 6.45) is 2.90. The summed E-state index contributed by atoms with van der Waals surface area (Å²) in [4.78, 5) is 28.0. The molecule has 3 aromatic rings. The molecule has 4 rings (SSSR count). The quantitative estimate of drug-likeness (QED) is 0.524. The fourth-order valence-electron chi connectivity index (χ4n) is 4.70. The van der Waals surface area contributed by atoms with Gasteiger partial charge >= 0.3 is 0 Å². The van der Waals surface area contributed by atoms with Crippen LogP contribution in [-0.2, 0) is 11.8 Å². The lowest BCUT2D eigenvalue weighted by molar-refractivity contribution is 0.0715. The van der Waals surface area contributed by atoms with Crippen LogP contribution in [-0.4, -0.2) is 54.7 Å². The summed E-state index contributed by atoms with van der Waals surface area (Å²) in [6.45, 7) is 7.18. The topological polar surface area (TPSA) is 72.8 Å². The largest absolute Gasteiger partial charge is 0.497 e. The third kappa shape index (κ3) is 5.31. The van der Waals surface area contributed by atoms with E-state index < -0.39 is 0 Å². The number of rotatable bonds is 7. The van der Waals surface area contributed by atoms with E-state index in [9.17, 15) is 9.59 Å². The average Bonchev–Trinajstić information content (AvgIpc) is 3.51. The molecule has 190 valence electrons.